The van der Waals surface area contributed by atoms with Gasteiger partial charge >= 0.3 is 0 Å². The smallest absolute Gasteiger partial charge is 0.237 e. The van der Waals surface area contributed by atoms with Crippen LogP contribution in [0.15, 0.2) is 0 Å². The van der Waals surface area contributed by atoms with Crippen LogP contribution in [0, 0.1) is 17.2 Å². The van der Waals surface area contributed by atoms with E-state index >= 15 is 0 Å². The van der Waals surface area contributed by atoms with Crippen molar-refractivity contribution >= 4 is 5.91 Å². The van der Waals surface area contributed by atoms with E-state index in [0.29, 0.717) is 6.54 Å². The quantitative estimate of drug-likeness (QED) is 0.795. The van der Waals surface area contributed by atoms with Crippen molar-refractivity contribution in [1.82, 2.24) is 10.2 Å². The molecule has 1 amide bonds. The third kappa shape index (κ3) is 6.28. The van der Waals surface area contributed by atoms with E-state index in [1.807, 2.05) is 46.4 Å². The molecule has 0 saturated carbocycles. The Morgan fingerprint density at radius 2 is 1.94 bits per heavy atom. The number of amides is 1. The van der Waals surface area contributed by atoms with Crippen molar-refractivity contribution in [3.8, 4) is 6.07 Å². The highest BCUT2D eigenvalue weighted by atomic mass is 16.2. The number of nitrogens with zero attached hydrogens (tertiary/aromatic N) is 2. The van der Waals surface area contributed by atoms with Crippen LogP contribution in [0.2, 0.25) is 0 Å². The van der Waals surface area contributed by atoms with Gasteiger partial charge in [0.05, 0.1) is 18.0 Å². The summed E-state index contributed by atoms with van der Waals surface area (Å²) in [5.74, 6) is -0.0377. The highest BCUT2D eigenvalue weighted by Gasteiger charge is 2.24. The minimum atomic E-state index is -0.217. The van der Waals surface area contributed by atoms with Gasteiger partial charge in [0.1, 0.15) is 0 Å². The average molecular weight is 239 g/mol. The summed E-state index contributed by atoms with van der Waals surface area (Å²) in [5.41, 5.74) is -0.217. The Morgan fingerprint density at radius 1 is 1.41 bits per heavy atom. The molecule has 98 valence electrons. The first-order chi connectivity index (χ1) is 7.71. The molecule has 17 heavy (non-hydrogen) atoms. The molecule has 0 aliphatic carbocycles. The van der Waals surface area contributed by atoms with Crippen molar-refractivity contribution < 1.29 is 4.79 Å². The molecule has 0 heterocycles. The summed E-state index contributed by atoms with van der Waals surface area (Å²) in [6.07, 6.45) is 0. The summed E-state index contributed by atoms with van der Waals surface area (Å²) in [7, 11) is 0. The second kappa shape index (κ2) is 6.61. The Balaban J connectivity index is 4.49. The number of nitriles is 1. The summed E-state index contributed by atoms with van der Waals surface area (Å²) < 4.78 is 0. The van der Waals surface area contributed by atoms with E-state index in [-0.39, 0.29) is 23.4 Å². The van der Waals surface area contributed by atoms with Crippen molar-refractivity contribution in [3.05, 3.63) is 0 Å². The largest absolute Gasteiger partial charge is 0.350 e. The molecule has 0 rings (SSSR count). The molecule has 0 aliphatic rings. The third-order valence-corrected chi connectivity index (χ3v) is 2.56. The first-order valence-corrected chi connectivity index (χ1v) is 6.17. The molecule has 4 heteroatoms. The summed E-state index contributed by atoms with van der Waals surface area (Å²) >= 11 is 0. The second-order valence-corrected chi connectivity index (χ2v) is 5.53. The molecule has 2 unspecified atom stereocenters. The van der Waals surface area contributed by atoms with Gasteiger partial charge in [-0.2, -0.15) is 5.26 Å². The van der Waals surface area contributed by atoms with Crippen molar-refractivity contribution in [2.24, 2.45) is 5.92 Å². The zero-order chi connectivity index (χ0) is 13.6. The number of nitrogens with one attached hydrogen (secondary N) is 1. The lowest BCUT2D eigenvalue weighted by Crippen LogP contribution is -2.51. The molecular formula is C13H25N3O. The van der Waals surface area contributed by atoms with Crippen LogP contribution in [-0.2, 0) is 4.79 Å². The van der Waals surface area contributed by atoms with Gasteiger partial charge in [-0.1, -0.05) is 6.92 Å². The van der Waals surface area contributed by atoms with Crippen molar-refractivity contribution in [2.45, 2.75) is 53.1 Å². The zero-order valence-electron chi connectivity index (χ0n) is 11.9. The van der Waals surface area contributed by atoms with Crippen molar-refractivity contribution in [2.75, 3.05) is 13.1 Å². The Bertz CT molecular complexity index is 288. The van der Waals surface area contributed by atoms with E-state index < -0.39 is 0 Å². The number of carbonyl (C=O) groups excluding carboxylic acids is 1. The number of likely N-dealkylation sites (N-methyl/N-ethyl adjacent to an activating group) is 1. The minimum absolute atomic E-state index is 0.0180. The minimum Gasteiger partial charge on any atom is -0.350 e. The lowest BCUT2D eigenvalue weighted by atomic mass is 10.1. The molecule has 0 fully saturated rings. The van der Waals surface area contributed by atoms with Gasteiger partial charge in [0, 0.05) is 12.1 Å². The van der Waals surface area contributed by atoms with Gasteiger partial charge in [0.2, 0.25) is 5.91 Å². The summed E-state index contributed by atoms with van der Waals surface area (Å²) in [4.78, 5) is 14.0. The maximum atomic E-state index is 12.0. The lowest BCUT2D eigenvalue weighted by Gasteiger charge is -2.30. The molecule has 4 nitrogen and oxygen atoms in total. The van der Waals surface area contributed by atoms with Gasteiger partial charge in [-0.05, 0) is 41.2 Å². The maximum Gasteiger partial charge on any atom is 0.237 e. The molecule has 2 atom stereocenters. The number of carbonyl (C=O) groups is 1. The summed E-state index contributed by atoms with van der Waals surface area (Å²) in [6.45, 7) is 13.1. The topological polar surface area (TPSA) is 56.1 Å². The second-order valence-electron chi connectivity index (χ2n) is 5.53. The van der Waals surface area contributed by atoms with Gasteiger partial charge in [-0.3, -0.25) is 9.69 Å². The van der Waals surface area contributed by atoms with Crippen LogP contribution in [0.25, 0.3) is 0 Å². The predicted molar refractivity (Wildman–Crippen MR) is 69.4 cm³/mol. The Morgan fingerprint density at radius 3 is 2.29 bits per heavy atom. The van der Waals surface area contributed by atoms with E-state index in [2.05, 4.69) is 11.4 Å². The van der Waals surface area contributed by atoms with E-state index in [4.69, 9.17) is 5.26 Å². The average Bonchev–Trinajstić information content (AvgIpc) is 2.22. The Kier molecular flexibility index (Phi) is 6.19. The van der Waals surface area contributed by atoms with Crippen LogP contribution >= 0.6 is 0 Å². The van der Waals surface area contributed by atoms with Crippen LogP contribution in [0.3, 0.4) is 0 Å². The van der Waals surface area contributed by atoms with Crippen LogP contribution in [0.4, 0.5) is 0 Å². The monoisotopic (exact) mass is 239 g/mol. The van der Waals surface area contributed by atoms with Gasteiger partial charge in [-0.25, -0.2) is 0 Å². The SMILES string of the molecule is CCN(CC(C)C#N)C(C)C(=O)NC(C)(C)C. The van der Waals surface area contributed by atoms with Crippen molar-refractivity contribution in [1.29, 1.82) is 5.26 Å². The number of hydrogen-bond donors (Lipinski definition) is 1. The number of rotatable bonds is 5. The third-order valence-electron chi connectivity index (χ3n) is 2.56. The van der Waals surface area contributed by atoms with E-state index in [9.17, 15) is 4.79 Å². The van der Waals surface area contributed by atoms with Gasteiger partial charge in [-0.15, -0.1) is 0 Å². The van der Waals surface area contributed by atoms with Gasteiger partial charge in [0.25, 0.3) is 0 Å². The van der Waals surface area contributed by atoms with Crippen LogP contribution < -0.4 is 5.32 Å². The van der Waals surface area contributed by atoms with E-state index in [0.717, 1.165) is 6.54 Å². The Labute approximate surface area is 105 Å². The fourth-order valence-corrected chi connectivity index (χ4v) is 1.59. The van der Waals surface area contributed by atoms with Gasteiger partial charge < -0.3 is 5.32 Å². The fourth-order valence-electron chi connectivity index (χ4n) is 1.59. The molecule has 0 aromatic rings. The van der Waals surface area contributed by atoms with Crippen LogP contribution in [0.5, 0.6) is 0 Å². The Hall–Kier alpha value is -1.08. The zero-order valence-corrected chi connectivity index (χ0v) is 11.9. The molecule has 0 bridgehead atoms. The molecular weight excluding hydrogens is 214 g/mol. The van der Waals surface area contributed by atoms with Gasteiger partial charge in [0.15, 0.2) is 0 Å². The summed E-state index contributed by atoms with van der Waals surface area (Å²) in [5, 5.41) is 11.8. The molecule has 0 saturated heterocycles. The molecule has 0 aliphatic heterocycles. The predicted octanol–water partition coefficient (Wildman–Crippen LogP) is 1.77. The fraction of sp³-hybridized carbons (Fsp3) is 0.846. The normalized spacial score (nSPS) is 15.2. The molecule has 0 radical (unpaired) electrons. The molecule has 1 N–H and O–H groups in total. The molecule has 0 aromatic carbocycles. The lowest BCUT2D eigenvalue weighted by molar-refractivity contribution is -0.127. The first-order valence-electron chi connectivity index (χ1n) is 6.17. The van der Waals surface area contributed by atoms with Crippen molar-refractivity contribution in [3.63, 3.8) is 0 Å². The molecule has 0 aromatic heterocycles. The van der Waals surface area contributed by atoms with E-state index in [1.54, 1.807) is 0 Å². The standard InChI is InChI=1S/C13H25N3O/c1-7-16(9-10(2)8-14)11(3)12(17)15-13(4,5)6/h10-11H,7,9H2,1-6H3,(H,15,17). The van der Waals surface area contributed by atoms with Crippen LogP contribution in [-0.4, -0.2) is 35.5 Å². The van der Waals surface area contributed by atoms with Crippen LogP contribution in [0.1, 0.15) is 41.5 Å². The van der Waals surface area contributed by atoms with E-state index in [1.165, 1.54) is 0 Å². The number of hydrogen-bond acceptors (Lipinski definition) is 3. The first kappa shape index (κ1) is 15.9. The highest BCUT2D eigenvalue weighted by Crippen LogP contribution is 2.07. The highest BCUT2D eigenvalue weighted by molar-refractivity contribution is 5.81. The molecule has 0 spiro atoms. The maximum absolute atomic E-state index is 12.0. The summed E-state index contributed by atoms with van der Waals surface area (Å²) in [6, 6.07) is 2.00.